The molecule has 3 rings (SSSR count). The minimum Gasteiger partial charge on any atom is -0.272 e. The fourth-order valence-electron chi connectivity index (χ4n) is 2.67. The number of benzene rings is 1. The first-order chi connectivity index (χ1) is 10.9. The number of anilines is 1. The molecule has 0 radical (unpaired) electrons. The quantitative estimate of drug-likeness (QED) is 0.628. The van der Waals surface area contributed by atoms with Crippen LogP contribution < -0.4 is 4.31 Å². The van der Waals surface area contributed by atoms with E-state index >= 15 is 0 Å². The van der Waals surface area contributed by atoms with Gasteiger partial charge in [0.1, 0.15) is 4.90 Å². The molecule has 0 N–H and O–H groups in total. The third kappa shape index (κ3) is 2.67. The SMILES string of the molecule is CCn1cc(S(=O)(=O)N2CCCc3ccc([N+](=O)[O-])cc32)cn1. The lowest BCUT2D eigenvalue weighted by Gasteiger charge is -2.29. The van der Waals surface area contributed by atoms with E-state index < -0.39 is 14.9 Å². The van der Waals surface area contributed by atoms with Crippen LogP contribution in [0.5, 0.6) is 0 Å². The molecular weight excluding hydrogens is 320 g/mol. The molecule has 1 aliphatic heterocycles. The van der Waals surface area contributed by atoms with Crippen LogP contribution in [0.3, 0.4) is 0 Å². The molecule has 2 aromatic rings. The first-order valence-electron chi connectivity index (χ1n) is 7.26. The summed E-state index contributed by atoms with van der Waals surface area (Å²) in [7, 11) is -3.78. The van der Waals surface area contributed by atoms with Crippen molar-refractivity contribution in [3.8, 4) is 0 Å². The molecule has 0 saturated heterocycles. The van der Waals surface area contributed by atoms with Gasteiger partial charge in [-0.05, 0) is 25.3 Å². The maximum absolute atomic E-state index is 12.9. The second-order valence-electron chi connectivity index (χ2n) is 5.28. The summed E-state index contributed by atoms with van der Waals surface area (Å²) in [5.74, 6) is 0. The lowest BCUT2D eigenvalue weighted by atomic mass is 10.0. The fraction of sp³-hybridized carbons (Fsp3) is 0.357. The summed E-state index contributed by atoms with van der Waals surface area (Å²) in [6, 6.07) is 4.37. The van der Waals surface area contributed by atoms with Crippen LogP contribution >= 0.6 is 0 Å². The van der Waals surface area contributed by atoms with Crippen molar-refractivity contribution in [1.29, 1.82) is 0 Å². The Hall–Kier alpha value is -2.42. The average Bonchev–Trinajstić information content (AvgIpc) is 3.03. The molecule has 0 amide bonds. The van der Waals surface area contributed by atoms with E-state index in [2.05, 4.69) is 5.10 Å². The van der Waals surface area contributed by atoms with Crippen LogP contribution in [0.4, 0.5) is 11.4 Å². The molecule has 8 nitrogen and oxygen atoms in total. The number of fused-ring (bicyclic) bond motifs is 1. The minimum atomic E-state index is -3.78. The van der Waals surface area contributed by atoms with E-state index in [9.17, 15) is 18.5 Å². The van der Waals surface area contributed by atoms with Crippen LogP contribution in [0.2, 0.25) is 0 Å². The van der Waals surface area contributed by atoms with Gasteiger partial charge < -0.3 is 0 Å². The van der Waals surface area contributed by atoms with Crippen molar-refractivity contribution in [2.24, 2.45) is 0 Å². The molecule has 0 aliphatic carbocycles. The van der Waals surface area contributed by atoms with Gasteiger partial charge >= 0.3 is 0 Å². The van der Waals surface area contributed by atoms with Crippen LogP contribution in [0, 0.1) is 10.1 Å². The average molecular weight is 336 g/mol. The van der Waals surface area contributed by atoms with Crippen molar-refractivity contribution in [2.45, 2.75) is 31.2 Å². The highest BCUT2D eigenvalue weighted by Gasteiger charge is 2.31. The van der Waals surface area contributed by atoms with E-state index in [-0.39, 0.29) is 10.6 Å². The monoisotopic (exact) mass is 336 g/mol. The zero-order valence-corrected chi connectivity index (χ0v) is 13.4. The highest BCUT2D eigenvalue weighted by atomic mass is 32.2. The first kappa shape index (κ1) is 15.5. The predicted molar refractivity (Wildman–Crippen MR) is 83.9 cm³/mol. The van der Waals surface area contributed by atoms with E-state index in [4.69, 9.17) is 0 Å². The lowest BCUT2D eigenvalue weighted by Crippen LogP contribution is -2.35. The molecule has 0 bridgehead atoms. The van der Waals surface area contributed by atoms with Crippen molar-refractivity contribution in [3.63, 3.8) is 0 Å². The second kappa shape index (κ2) is 5.65. The zero-order chi connectivity index (χ0) is 16.6. The molecular formula is C14H16N4O4S. The summed E-state index contributed by atoms with van der Waals surface area (Å²) in [6.07, 6.45) is 4.16. The fourth-order valence-corrected chi connectivity index (χ4v) is 4.16. The molecule has 2 heterocycles. The summed E-state index contributed by atoms with van der Waals surface area (Å²) in [5, 5.41) is 15.0. The molecule has 9 heteroatoms. The van der Waals surface area contributed by atoms with Gasteiger partial charge in [-0.2, -0.15) is 5.10 Å². The molecule has 0 atom stereocenters. The summed E-state index contributed by atoms with van der Waals surface area (Å²) >= 11 is 0. The molecule has 1 aromatic carbocycles. The Morgan fingerprint density at radius 3 is 2.83 bits per heavy atom. The van der Waals surface area contributed by atoms with Crippen LogP contribution in [0.15, 0.2) is 35.5 Å². The Morgan fingerprint density at radius 1 is 1.39 bits per heavy atom. The number of rotatable bonds is 4. The molecule has 0 unspecified atom stereocenters. The molecule has 1 aliphatic rings. The van der Waals surface area contributed by atoms with Gasteiger partial charge in [-0.15, -0.1) is 0 Å². The highest BCUT2D eigenvalue weighted by Crippen LogP contribution is 2.34. The number of aromatic nitrogens is 2. The van der Waals surface area contributed by atoms with E-state index in [1.807, 2.05) is 6.92 Å². The Bertz CT molecular complexity index is 859. The molecule has 1 aromatic heterocycles. The van der Waals surface area contributed by atoms with Crippen LogP contribution in [-0.4, -0.2) is 29.7 Å². The third-order valence-electron chi connectivity index (χ3n) is 3.88. The first-order valence-corrected chi connectivity index (χ1v) is 8.70. The van der Waals surface area contributed by atoms with Gasteiger partial charge in [0.2, 0.25) is 0 Å². The van der Waals surface area contributed by atoms with Crippen LogP contribution in [0.25, 0.3) is 0 Å². The van der Waals surface area contributed by atoms with E-state index in [1.165, 1.54) is 33.5 Å². The number of hydrogen-bond acceptors (Lipinski definition) is 5. The summed E-state index contributed by atoms with van der Waals surface area (Å²) in [4.78, 5) is 10.6. The Kier molecular flexibility index (Phi) is 3.80. The largest absolute Gasteiger partial charge is 0.272 e. The summed E-state index contributed by atoms with van der Waals surface area (Å²) < 4.78 is 28.5. The zero-order valence-electron chi connectivity index (χ0n) is 12.5. The molecule has 0 fully saturated rings. The van der Waals surface area contributed by atoms with Gasteiger partial charge in [0.05, 0.1) is 16.8 Å². The highest BCUT2D eigenvalue weighted by molar-refractivity contribution is 7.92. The van der Waals surface area contributed by atoms with E-state index in [0.717, 1.165) is 5.56 Å². The van der Waals surface area contributed by atoms with Crippen LogP contribution in [0.1, 0.15) is 18.9 Å². The van der Waals surface area contributed by atoms with Gasteiger partial charge in [-0.1, -0.05) is 6.07 Å². The smallest absolute Gasteiger partial charge is 0.271 e. The number of nitrogens with zero attached hydrogens (tertiary/aromatic N) is 4. The van der Waals surface area contributed by atoms with E-state index in [1.54, 1.807) is 6.07 Å². The van der Waals surface area contributed by atoms with Crippen LogP contribution in [-0.2, 0) is 23.0 Å². The normalized spacial score (nSPS) is 14.6. The Balaban J connectivity index is 2.08. The molecule has 122 valence electrons. The number of nitro groups is 1. The van der Waals surface area contributed by atoms with Crippen molar-refractivity contribution >= 4 is 21.4 Å². The van der Waals surface area contributed by atoms with Crippen molar-refractivity contribution in [1.82, 2.24) is 9.78 Å². The number of hydrogen-bond donors (Lipinski definition) is 0. The maximum atomic E-state index is 12.9. The molecule has 0 saturated carbocycles. The number of non-ortho nitro benzene ring substituents is 1. The number of aryl methyl sites for hydroxylation is 2. The maximum Gasteiger partial charge on any atom is 0.271 e. The molecule has 0 spiro atoms. The minimum absolute atomic E-state index is 0.0960. The van der Waals surface area contributed by atoms with Crippen molar-refractivity contribution in [3.05, 3.63) is 46.3 Å². The Labute approximate surface area is 133 Å². The lowest BCUT2D eigenvalue weighted by molar-refractivity contribution is -0.384. The van der Waals surface area contributed by atoms with Crippen molar-refractivity contribution in [2.75, 3.05) is 10.8 Å². The third-order valence-corrected chi connectivity index (χ3v) is 5.64. The number of sulfonamides is 1. The van der Waals surface area contributed by atoms with Gasteiger partial charge in [0.15, 0.2) is 0 Å². The topological polar surface area (TPSA) is 98.3 Å². The standard InChI is InChI=1S/C14H16N4O4S/c1-2-16-10-13(9-15-16)23(21,22)17-7-3-4-11-5-6-12(18(19)20)8-14(11)17/h5-6,8-10H,2-4,7H2,1H3. The Morgan fingerprint density at radius 2 is 2.17 bits per heavy atom. The van der Waals surface area contributed by atoms with E-state index in [0.29, 0.717) is 31.6 Å². The van der Waals surface area contributed by atoms with Gasteiger partial charge in [0, 0.05) is 31.4 Å². The van der Waals surface area contributed by atoms with Crippen molar-refractivity contribution < 1.29 is 13.3 Å². The summed E-state index contributed by atoms with van der Waals surface area (Å²) in [5.41, 5.74) is 1.07. The number of nitro benzene ring substituents is 1. The second-order valence-corrected chi connectivity index (χ2v) is 7.14. The predicted octanol–water partition coefficient (Wildman–Crippen LogP) is 1.95. The summed E-state index contributed by atoms with van der Waals surface area (Å²) in [6.45, 7) is 2.73. The van der Waals surface area contributed by atoms with Gasteiger partial charge in [-0.3, -0.25) is 19.1 Å². The van der Waals surface area contributed by atoms with Gasteiger partial charge in [-0.25, -0.2) is 8.42 Å². The van der Waals surface area contributed by atoms with Gasteiger partial charge in [0.25, 0.3) is 15.7 Å². The molecule has 23 heavy (non-hydrogen) atoms.